The van der Waals surface area contributed by atoms with E-state index < -0.39 is 0 Å². The van der Waals surface area contributed by atoms with Gasteiger partial charge in [0.15, 0.2) is 5.65 Å². The van der Waals surface area contributed by atoms with Gasteiger partial charge in [0.1, 0.15) is 5.82 Å². The molecule has 0 atom stereocenters. The summed E-state index contributed by atoms with van der Waals surface area (Å²) in [7, 11) is 0. The summed E-state index contributed by atoms with van der Waals surface area (Å²) in [6.45, 7) is 5.84. The molecule has 6 heteroatoms. The van der Waals surface area contributed by atoms with Crippen LogP contribution in [0, 0.1) is 26.6 Å². The van der Waals surface area contributed by atoms with E-state index in [-0.39, 0.29) is 11.7 Å². The lowest BCUT2D eigenvalue weighted by atomic mass is 9.95. The average Bonchev–Trinajstić information content (AvgIpc) is 3.03. The molecule has 0 bridgehead atoms. The van der Waals surface area contributed by atoms with E-state index in [1.54, 1.807) is 12.1 Å². The van der Waals surface area contributed by atoms with Crippen molar-refractivity contribution in [3.63, 3.8) is 0 Å². The molecule has 2 aromatic heterocycles. The van der Waals surface area contributed by atoms with Crippen molar-refractivity contribution in [1.29, 1.82) is 0 Å². The standard InChI is InChI=1S/C23H27FN4O/c1-14-20(13-21(29)26-19-7-5-4-6-8-19)16(3)28-23(25-14)22(15(2)27-28)17-9-11-18(24)12-10-17/h9-12,19H,4-8,13H2,1-3H3,(H,26,29). The Kier molecular flexibility index (Phi) is 5.35. The Hall–Kier alpha value is -2.76. The van der Waals surface area contributed by atoms with Crippen LogP contribution in [0.15, 0.2) is 24.3 Å². The third-order valence-corrected chi connectivity index (χ3v) is 5.94. The van der Waals surface area contributed by atoms with Crippen LogP contribution in [0.3, 0.4) is 0 Å². The van der Waals surface area contributed by atoms with Gasteiger partial charge in [0.2, 0.25) is 5.91 Å². The molecule has 4 rings (SSSR count). The summed E-state index contributed by atoms with van der Waals surface area (Å²) in [5.41, 5.74) is 6.01. The second-order valence-electron chi connectivity index (χ2n) is 8.04. The summed E-state index contributed by atoms with van der Waals surface area (Å²) in [5.74, 6) is -0.221. The molecule has 0 radical (unpaired) electrons. The molecular formula is C23H27FN4O. The molecule has 0 aliphatic heterocycles. The summed E-state index contributed by atoms with van der Waals surface area (Å²) in [4.78, 5) is 17.4. The van der Waals surface area contributed by atoms with E-state index in [2.05, 4.69) is 10.4 Å². The highest BCUT2D eigenvalue weighted by molar-refractivity contribution is 5.82. The van der Waals surface area contributed by atoms with E-state index in [4.69, 9.17) is 4.98 Å². The van der Waals surface area contributed by atoms with Gasteiger partial charge in [-0.05, 0) is 51.3 Å². The Bertz CT molecular complexity index is 1050. The number of carbonyl (C=O) groups is 1. The van der Waals surface area contributed by atoms with Crippen LogP contribution >= 0.6 is 0 Å². The van der Waals surface area contributed by atoms with Crippen LogP contribution in [0.4, 0.5) is 4.39 Å². The van der Waals surface area contributed by atoms with Crippen LogP contribution in [-0.2, 0) is 11.2 Å². The monoisotopic (exact) mass is 394 g/mol. The number of rotatable bonds is 4. The fourth-order valence-corrected chi connectivity index (χ4v) is 4.36. The maximum absolute atomic E-state index is 13.3. The van der Waals surface area contributed by atoms with Crippen molar-refractivity contribution in [2.45, 2.75) is 65.3 Å². The SMILES string of the molecule is Cc1nc2c(-c3ccc(F)cc3)c(C)nn2c(C)c1CC(=O)NC1CCCCC1. The quantitative estimate of drug-likeness (QED) is 0.711. The molecule has 1 amide bonds. The lowest BCUT2D eigenvalue weighted by Gasteiger charge is -2.23. The van der Waals surface area contributed by atoms with E-state index in [9.17, 15) is 9.18 Å². The Morgan fingerprint density at radius 2 is 1.79 bits per heavy atom. The van der Waals surface area contributed by atoms with Crippen LogP contribution in [0.2, 0.25) is 0 Å². The van der Waals surface area contributed by atoms with Crippen LogP contribution < -0.4 is 5.32 Å². The number of amides is 1. The predicted molar refractivity (Wildman–Crippen MR) is 111 cm³/mol. The number of hydrogen-bond donors (Lipinski definition) is 1. The Balaban J connectivity index is 1.66. The Labute approximate surface area is 170 Å². The first-order chi connectivity index (χ1) is 13.9. The van der Waals surface area contributed by atoms with Gasteiger partial charge < -0.3 is 5.32 Å². The van der Waals surface area contributed by atoms with Gasteiger partial charge in [-0.2, -0.15) is 5.10 Å². The normalized spacial score (nSPS) is 15.0. The van der Waals surface area contributed by atoms with Gasteiger partial charge in [0.05, 0.1) is 12.1 Å². The number of nitrogens with zero attached hydrogens (tertiary/aromatic N) is 3. The molecule has 1 aromatic carbocycles. The second kappa shape index (κ2) is 7.93. The summed E-state index contributed by atoms with van der Waals surface area (Å²) in [6, 6.07) is 6.68. The minimum absolute atomic E-state index is 0.0480. The molecule has 5 nitrogen and oxygen atoms in total. The number of hydrogen-bond acceptors (Lipinski definition) is 3. The van der Waals surface area contributed by atoms with Gasteiger partial charge in [-0.15, -0.1) is 0 Å². The van der Waals surface area contributed by atoms with Gasteiger partial charge >= 0.3 is 0 Å². The summed E-state index contributed by atoms with van der Waals surface area (Å²) >= 11 is 0. The highest BCUT2D eigenvalue weighted by Gasteiger charge is 2.21. The van der Waals surface area contributed by atoms with E-state index in [0.29, 0.717) is 12.5 Å². The van der Waals surface area contributed by atoms with Crippen LogP contribution in [0.1, 0.15) is 54.7 Å². The number of nitrogens with one attached hydrogen (secondary N) is 1. The molecule has 3 aromatic rings. The number of aryl methyl sites for hydroxylation is 3. The van der Waals surface area contributed by atoms with Crippen molar-refractivity contribution in [2.75, 3.05) is 0 Å². The second-order valence-corrected chi connectivity index (χ2v) is 8.04. The minimum Gasteiger partial charge on any atom is -0.353 e. The maximum atomic E-state index is 13.3. The summed E-state index contributed by atoms with van der Waals surface area (Å²) in [6.07, 6.45) is 6.09. The van der Waals surface area contributed by atoms with Crippen molar-refractivity contribution < 1.29 is 9.18 Å². The van der Waals surface area contributed by atoms with E-state index in [1.165, 1.54) is 31.4 Å². The summed E-state index contributed by atoms with van der Waals surface area (Å²) in [5, 5.41) is 7.85. The fourth-order valence-electron chi connectivity index (χ4n) is 4.36. The first-order valence-electron chi connectivity index (χ1n) is 10.3. The highest BCUT2D eigenvalue weighted by atomic mass is 19.1. The number of carbonyl (C=O) groups excluding carboxylic acids is 1. The van der Waals surface area contributed by atoms with Gasteiger partial charge in [0.25, 0.3) is 0 Å². The topological polar surface area (TPSA) is 59.3 Å². The van der Waals surface area contributed by atoms with Gasteiger partial charge in [-0.25, -0.2) is 13.9 Å². The number of fused-ring (bicyclic) bond motifs is 1. The average molecular weight is 394 g/mol. The zero-order valence-electron chi connectivity index (χ0n) is 17.3. The van der Waals surface area contributed by atoms with E-state index in [1.807, 2.05) is 25.3 Å². The van der Waals surface area contributed by atoms with Gasteiger partial charge in [-0.1, -0.05) is 31.4 Å². The first kappa shape index (κ1) is 19.6. The molecule has 0 spiro atoms. The van der Waals surface area contributed by atoms with Crippen molar-refractivity contribution in [3.05, 3.63) is 52.7 Å². The van der Waals surface area contributed by atoms with Gasteiger partial charge in [0, 0.05) is 28.6 Å². The number of halogens is 1. The molecule has 2 heterocycles. The third-order valence-electron chi connectivity index (χ3n) is 5.94. The lowest BCUT2D eigenvalue weighted by Crippen LogP contribution is -2.37. The summed E-state index contributed by atoms with van der Waals surface area (Å²) < 4.78 is 15.1. The molecule has 0 unspecified atom stereocenters. The number of benzene rings is 1. The highest BCUT2D eigenvalue weighted by Crippen LogP contribution is 2.29. The lowest BCUT2D eigenvalue weighted by molar-refractivity contribution is -0.121. The van der Waals surface area contributed by atoms with Crippen molar-refractivity contribution in [2.24, 2.45) is 0 Å². The van der Waals surface area contributed by atoms with E-state index >= 15 is 0 Å². The van der Waals surface area contributed by atoms with Crippen LogP contribution in [0.25, 0.3) is 16.8 Å². The zero-order valence-corrected chi connectivity index (χ0v) is 17.3. The third kappa shape index (κ3) is 3.88. The molecule has 1 saturated carbocycles. The molecule has 1 N–H and O–H groups in total. The molecule has 1 fully saturated rings. The van der Waals surface area contributed by atoms with Crippen LogP contribution in [-0.4, -0.2) is 26.5 Å². The van der Waals surface area contributed by atoms with Crippen molar-refractivity contribution >= 4 is 11.6 Å². The Morgan fingerprint density at radius 3 is 2.48 bits per heavy atom. The molecule has 0 saturated heterocycles. The first-order valence-corrected chi connectivity index (χ1v) is 10.3. The molecule has 1 aliphatic carbocycles. The van der Waals surface area contributed by atoms with Gasteiger partial charge in [-0.3, -0.25) is 4.79 Å². The molecule has 29 heavy (non-hydrogen) atoms. The van der Waals surface area contributed by atoms with Crippen molar-refractivity contribution in [3.8, 4) is 11.1 Å². The molecule has 1 aliphatic rings. The maximum Gasteiger partial charge on any atom is 0.224 e. The molecular weight excluding hydrogens is 367 g/mol. The van der Waals surface area contributed by atoms with Crippen molar-refractivity contribution in [1.82, 2.24) is 19.9 Å². The number of aromatic nitrogens is 3. The minimum atomic E-state index is -0.269. The predicted octanol–water partition coefficient (Wildman–Crippen LogP) is 4.45. The Morgan fingerprint density at radius 1 is 1.10 bits per heavy atom. The largest absolute Gasteiger partial charge is 0.353 e. The molecule has 152 valence electrons. The zero-order chi connectivity index (χ0) is 20.5. The van der Waals surface area contributed by atoms with Crippen LogP contribution in [0.5, 0.6) is 0 Å². The fraction of sp³-hybridized carbons (Fsp3) is 0.435. The van der Waals surface area contributed by atoms with E-state index in [0.717, 1.165) is 52.3 Å². The smallest absolute Gasteiger partial charge is 0.224 e.